The van der Waals surface area contributed by atoms with Gasteiger partial charge in [0.2, 0.25) is 0 Å². The van der Waals surface area contributed by atoms with Crippen molar-refractivity contribution >= 4 is 63.0 Å². The van der Waals surface area contributed by atoms with Crippen LogP contribution in [0.1, 0.15) is 5.56 Å². The number of nitrogens with one attached hydrogen (secondary N) is 2. The molecule has 1 amide bonds. The number of ether oxygens (including phenoxy) is 1. The molecule has 0 fully saturated rings. The molecule has 4 rings (SSSR count). The molecule has 0 bridgehead atoms. The fourth-order valence-electron chi connectivity index (χ4n) is 3.44. The van der Waals surface area contributed by atoms with Crippen LogP contribution in [-0.2, 0) is 27.8 Å². The maximum absolute atomic E-state index is 12.4. The molecule has 1 aromatic heterocycles. The largest absolute Gasteiger partial charge is 0.455 e. The summed E-state index contributed by atoms with van der Waals surface area (Å²) in [4.78, 5) is 24.7. The third kappa shape index (κ3) is 5.48. The van der Waals surface area contributed by atoms with E-state index in [2.05, 4.69) is 10.6 Å². The van der Waals surface area contributed by atoms with Crippen LogP contribution in [0.5, 0.6) is 0 Å². The molecular weight excluding hydrogens is 461 g/mol. The van der Waals surface area contributed by atoms with E-state index >= 15 is 0 Å². The van der Waals surface area contributed by atoms with Crippen LogP contribution in [0.15, 0.2) is 72.9 Å². The molecule has 168 valence electrons. The highest BCUT2D eigenvalue weighted by Crippen LogP contribution is 2.33. The molecule has 8 heteroatoms. The first kappa shape index (κ1) is 22.7. The molecule has 4 aromatic rings. The van der Waals surface area contributed by atoms with E-state index in [1.807, 2.05) is 60.3 Å². The van der Waals surface area contributed by atoms with E-state index in [4.69, 9.17) is 27.9 Å². The smallest absolute Gasteiger partial charge is 0.310 e. The summed E-state index contributed by atoms with van der Waals surface area (Å²) in [5.74, 6) is -0.936. The molecule has 0 spiro atoms. The first-order chi connectivity index (χ1) is 15.9. The molecule has 2 N–H and O–H groups in total. The van der Waals surface area contributed by atoms with Crippen molar-refractivity contribution in [2.24, 2.45) is 7.05 Å². The van der Waals surface area contributed by atoms with Gasteiger partial charge in [0.1, 0.15) is 0 Å². The van der Waals surface area contributed by atoms with E-state index in [1.54, 1.807) is 24.3 Å². The summed E-state index contributed by atoms with van der Waals surface area (Å²) in [6.07, 6.45) is 1.93. The van der Waals surface area contributed by atoms with Gasteiger partial charge in [0, 0.05) is 30.1 Å². The normalized spacial score (nSPS) is 10.8. The number of carbonyl (C=O) groups excluding carboxylic acids is 2. The number of esters is 1. The molecule has 0 saturated carbocycles. The standard InChI is InChI=1S/C25H21Cl2N3O3/c1-30-12-11-16-9-10-18(14-22(16)30)28-23(31)15-33-24(32)13-17-5-2-3-8-21(17)29-25-19(26)6-4-7-20(25)27/h2-12,14,29H,13,15H2,1H3,(H,28,31). The highest BCUT2D eigenvalue weighted by atomic mass is 35.5. The van der Waals surface area contributed by atoms with Gasteiger partial charge in [-0.25, -0.2) is 0 Å². The zero-order valence-corrected chi connectivity index (χ0v) is 19.3. The van der Waals surface area contributed by atoms with Gasteiger partial charge in [0.15, 0.2) is 6.61 Å². The maximum atomic E-state index is 12.4. The number of para-hydroxylation sites is 2. The monoisotopic (exact) mass is 481 g/mol. The molecule has 33 heavy (non-hydrogen) atoms. The highest BCUT2D eigenvalue weighted by molar-refractivity contribution is 6.39. The fourth-order valence-corrected chi connectivity index (χ4v) is 3.93. The van der Waals surface area contributed by atoms with E-state index in [-0.39, 0.29) is 13.0 Å². The van der Waals surface area contributed by atoms with Gasteiger partial charge in [-0.3, -0.25) is 9.59 Å². The molecule has 0 atom stereocenters. The second-order valence-electron chi connectivity index (χ2n) is 7.46. The molecule has 0 unspecified atom stereocenters. The van der Waals surface area contributed by atoms with Gasteiger partial charge in [0.25, 0.3) is 5.91 Å². The van der Waals surface area contributed by atoms with Crippen LogP contribution in [0.3, 0.4) is 0 Å². The molecule has 0 aliphatic heterocycles. The average molecular weight is 482 g/mol. The van der Waals surface area contributed by atoms with Gasteiger partial charge < -0.3 is 19.9 Å². The van der Waals surface area contributed by atoms with Crippen molar-refractivity contribution in [3.63, 3.8) is 0 Å². The lowest BCUT2D eigenvalue weighted by molar-refractivity contribution is -0.146. The quantitative estimate of drug-likeness (QED) is 0.319. The zero-order chi connectivity index (χ0) is 23.4. The van der Waals surface area contributed by atoms with Crippen molar-refractivity contribution in [1.29, 1.82) is 0 Å². The number of amides is 1. The summed E-state index contributed by atoms with van der Waals surface area (Å²) in [5, 5.41) is 7.93. The lowest BCUT2D eigenvalue weighted by atomic mass is 10.1. The molecule has 0 aliphatic carbocycles. The Morgan fingerprint density at radius 2 is 1.73 bits per heavy atom. The number of nitrogens with zero attached hydrogens (tertiary/aromatic N) is 1. The van der Waals surface area contributed by atoms with E-state index in [0.29, 0.717) is 32.7 Å². The number of aromatic nitrogens is 1. The minimum absolute atomic E-state index is 0.0200. The summed E-state index contributed by atoms with van der Waals surface area (Å²) in [6, 6.07) is 20.1. The molecule has 0 aliphatic rings. The predicted molar refractivity (Wildman–Crippen MR) is 132 cm³/mol. The van der Waals surface area contributed by atoms with Crippen molar-refractivity contribution in [2.75, 3.05) is 17.2 Å². The number of rotatable bonds is 7. The summed E-state index contributed by atoms with van der Waals surface area (Å²) in [6.45, 7) is -0.379. The molecule has 6 nitrogen and oxygen atoms in total. The number of hydrogen-bond acceptors (Lipinski definition) is 4. The Kier molecular flexibility index (Phi) is 6.87. The fraction of sp³-hybridized carbons (Fsp3) is 0.120. The third-order valence-electron chi connectivity index (χ3n) is 5.11. The third-order valence-corrected chi connectivity index (χ3v) is 5.74. The van der Waals surface area contributed by atoms with Crippen LogP contribution in [0.25, 0.3) is 10.9 Å². The van der Waals surface area contributed by atoms with Gasteiger partial charge in [-0.15, -0.1) is 0 Å². The molecular formula is C25H21Cl2N3O3. The van der Waals surface area contributed by atoms with Crippen LogP contribution < -0.4 is 10.6 Å². The lowest BCUT2D eigenvalue weighted by Gasteiger charge is -2.14. The minimum atomic E-state index is -0.525. The van der Waals surface area contributed by atoms with Crippen molar-refractivity contribution in [2.45, 2.75) is 6.42 Å². The van der Waals surface area contributed by atoms with Crippen LogP contribution in [-0.4, -0.2) is 23.1 Å². The van der Waals surface area contributed by atoms with Crippen LogP contribution >= 0.6 is 23.2 Å². The number of halogens is 2. The van der Waals surface area contributed by atoms with Gasteiger partial charge in [-0.05, 0) is 47.3 Å². The molecule has 3 aromatic carbocycles. The summed E-state index contributed by atoms with van der Waals surface area (Å²) in [5.41, 5.74) is 3.54. The van der Waals surface area contributed by atoms with E-state index in [9.17, 15) is 9.59 Å². The summed E-state index contributed by atoms with van der Waals surface area (Å²) < 4.78 is 7.16. The Hall–Kier alpha value is -3.48. The van der Waals surface area contributed by atoms with E-state index < -0.39 is 11.9 Å². The second kappa shape index (κ2) is 9.98. The van der Waals surface area contributed by atoms with E-state index in [0.717, 1.165) is 10.9 Å². The zero-order valence-electron chi connectivity index (χ0n) is 17.8. The molecule has 0 radical (unpaired) electrons. The Morgan fingerprint density at radius 3 is 2.52 bits per heavy atom. The van der Waals surface area contributed by atoms with E-state index in [1.165, 1.54) is 0 Å². The molecule has 1 heterocycles. The Morgan fingerprint density at radius 1 is 0.970 bits per heavy atom. The number of anilines is 3. The van der Waals surface area contributed by atoms with Crippen molar-refractivity contribution in [3.05, 3.63) is 88.5 Å². The van der Waals surface area contributed by atoms with Crippen molar-refractivity contribution in [1.82, 2.24) is 4.57 Å². The minimum Gasteiger partial charge on any atom is -0.455 e. The summed E-state index contributed by atoms with van der Waals surface area (Å²) in [7, 11) is 1.93. The van der Waals surface area contributed by atoms with Gasteiger partial charge in [-0.1, -0.05) is 53.5 Å². The number of hydrogen-bond donors (Lipinski definition) is 2. The Bertz CT molecular complexity index is 1310. The highest BCUT2D eigenvalue weighted by Gasteiger charge is 2.14. The number of carbonyl (C=O) groups is 2. The van der Waals surface area contributed by atoms with Crippen LogP contribution in [0.4, 0.5) is 17.1 Å². The lowest BCUT2D eigenvalue weighted by Crippen LogP contribution is -2.21. The van der Waals surface area contributed by atoms with Crippen LogP contribution in [0.2, 0.25) is 10.0 Å². The van der Waals surface area contributed by atoms with Crippen molar-refractivity contribution < 1.29 is 14.3 Å². The van der Waals surface area contributed by atoms with Crippen molar-refractivity contribution in [3.8, 4) is 0 Å². The number of aryl methyl sites for hydroxylation is 1. The Balaban J connectivity index is 1.36. The van der Waals surface area contributed by atoms with Gasteiger partial charge in [0.05, 0.1) is 22.2 Å². The van der Waals surface area contributed by atoms with Gasteiger partial charge in [-0.2, -0.15) is 0 Å². The first-order valence-electron chi connectivity index (χ1n) is 10.2. The Labute approximate surface area is 201 Å². The number of benzene rings is 3. The predicted octanol–water partition coefficient (Wildman–Crippen LogP) is 5.95. The molecule has 0 saturated heterocycles. The van der Waals surface area contributed by atoms with Crippen LogP contribution in [0, 0.1) is 0 Å². The topological polar surface area (TPSA) is 72.4 Å². The number of fused-ring (bicyclic) bond motifs is 1. The average Bonchev–Trinajstić information content (AvgIpc) is 3.16. The first-order valence-corrected chi connectivity index (χ1v) is 11.0. The second-order valence-corrected chi connectivity index (χ2v) is 8.28. The summed E-state index contributed by atoms with van der Waals surface area (Å²) >= 11 is 12.5. The maximum Gasteiger partial charge on any atom is 0.310 e. The SMILES string of the molecule is Cn1ccc2ccc(NC(=O)COC(=O)Cc3ccccc3Nc3c(Cl)cccc3Cl)cc21. The van der Waals surface area contributed by atoms with Gasteiger partial charge >= 0.3 is 5.97 Å².